The molecule has 0 saturated carbocycles. The molecule has 8 aromatic heterocycles. The molecule has 35 heteroatoms. The number of aromatic hydroxyl groups is 1. The third-order valence-corrected chi connectivity index (χ3v) is 25.5. The van der Waals surface area contributed by atoms with E-state index in [2.05, 4.69) is 44.8 Å². The third kappa shape index (κ3) is 24.9. The van der Waals surface area contributed by atoms with Crippen molar-refractivity contribution in [2.24, 2.45) is 9.98 Å². The number of carbonyl (C=O) groups is 2. The minimum Gasteiger partial charge on any atom is -0.508 e. The largest absolute Gasteiger partial charge is 0.508 e. The summed E-state index contributed by atoms with van der Waals surface area (Å²) >= 11 is 6.14. The fourth-order valence-corrected chi connectivity index (χ4v) is 17.5. The predicted octanol–water partition coefficient (Wildman–Crippen LogP) is 14.3. The van der Waals surface area contributed by atoms with E-state index in [1.807, 2.05) is 206 Å². The summed E-state index contributed by atoms with van der Waals surface area (Å²) in [4.78, 5) is 163. The fraction of sp³-hybridized carbons (Fsp3) is 0.195. The number of carboxylic acids is 1. The monoisotopic (exact) mass is 2000 g/mol. The van der Waals surface area contributed by atoms with Crippen molar-refractivity contribution in [1.29, 1.82) is 0 Å². The number of imidazole rings is 2. The number of aliphatic imine (C=N–C) groups is 2. The number of H-pyrrole nitrogens is 2. The Balaban J connectivity index is 0.000000135. The van der Waals surface area contributed by atoms with Crippen LogP contribution in [0.25, 0.3) is 62.7 Å². The van der Waals surface area contributed by atoms with Gasteiger partial charge in [-0.2, -0.15) is 4.98 Å². The zero-order valence-corrected chi connectivity index (χ0v) is 81.5. The maximum Gasteiger partial charge on any atom is 0.343 e. The van der Waals surface area contributed by atoms with Crippen LogP contribution in [0.2, 0.25) is 0 Å². The van der Waals surface area contributed by atoms with Gasteiger partial charge in [0, 0.05) is 106 Å². The number of aliphatic carboxylic acids is 1. The van der Waals surface area contributed by atoms with E-state index < -0.39 is 28.7 Å². The van der Waals surface area contributed by atoms with Crippen molar-refractivity contribution in [2.75, 3.05) is 25.2 Å². The molecule has 2 aliphatic heterocycles. The molecule has 20 rings (SSSR count). The second-order valence-electron chi connectivity index (χ2n) is 35.2. The van der Waals surface area contributed by atoms with Gasteiger partial charge in [0.25, 0.3) is 22.2 Å². The lowest BCUT2D eigenvalue weighted by Gasteiger charge is -2.14. The third-order valence-electron chi connectivity index (χ3n) is 25.3. The van der Waals surface area contributed by atoms with Crippen LogP contribution < -0.4 is 61.2 Å². The van der Waals surface area contributed by atoms with Crippen LogP contribution in [0.1, 0.15) is 79.9 Å². The summed E-state index contributed by atoms with van der Waals surface area (Å²) in [5, 5.41) is 22.8. The molecule has 0 amide bonds. The molecular weight excluding hydrogens is 1900 g/mol. The second-order valence-corrected chi connectivity index (χ2v) is 35.6. The van der Waals surface area contributed by atoms with Crippen LogP contribution >= 0.6 is 11.6 Å². The number of hydrogen-bond donors (Lipinski definition) is 6. The first-order valence-corrected chi connectivity index (χ1v) is 48.6. The van der Waals surface area contributed by atoms with E-state index in [4.69, 9.17) is 42.4 Å². The highest BCUT2D eigenvalue weighted by atomic mass is 35.5. The number of aromatic amines is 2. The van der Waals surface area contributed by atoms with E-state index in [0.29, 0.717) is 194 Å². The van der Waals surface area contributed by atoms with Gasteiger partial charge in [-0.05, 0) is 199 Å². The van der Waals surface area contributed by atoms with Crippen LogP contribution in [-0.2, 0) is 131 Å². The lowest BCUT2D eigenvalue weighted by molar-refractivity contribution is -0.143. The van der Waals surface area contributed by atoms with E-state index in [1.165, 1.54) is 36.0 Å². The maximum atomic E-state index is 13.7. The van der Waals surface area contributed by atoms with Gasteiger partial charge in [-0.1, -0.05) is 223 Å². The number of methoxy groups -OCH3 is 1. The van der Waals surface area contributed by atoms with Gasteiger partial charge < -0.3 is 45.6 Å². The number of rotatable bonds is 35. The minimum absolute atomic E-state index is 0.169. The smallest absolute Gasteiger partial charge is 0.343 e. The number of nitrogens with one attached hydrogen (secondary N) is 2. The number of anilines is 2. The van der Waals surface area contributed by atoms with Gasteiger partial charge in [-0.3, -0.25) is 60.7 Å². The van der Waals surface area contributed by atoms with Gasteiger partial charge in [0.05, 0.1) is 23.9 Å². The fourth-order valence-electron chi connectivity index (χ4n) is 17.3. The van der Waals surface area contributed by atoms with Gasteiger partial charge in [0.2, 0.25) is 11.7 Å². The van der Waals surface area contributed by atoms with Crippen molar-refractivity contribution >= 4 is 85.8 Å². The van der Waals surface area contributed by atoms with Crippen LogP contribution in [0, 0.1) is 0 Å². The standard InChI is InChI=1S/C30H30N6O5.C30H26N4O4.C28H25N3O3.C25H23ClN6O3/c1-40-25(37)18-41-24-12-6-21(7-13-24)27-33-26-28(34-27)35(16-14-19-2-8-22(31)9-3-19)30(39)36(29(26)38)17-15-20-4-10-23(32)11-5-20;35-25(36)16-13-23-11-14-24(15-12-23)27-31-26-28(32-27)33(19-17-21-7-3-1-4-8-21)30(38)34(29(26)37)20-18-22-9-5-2-6-10-22;32-23-13-11-22(12-14-23)25-19-24-26(29-25)30(17-15-20-7-3-1-4-8-20)28(34)31(27(24)33)18-16-21-9-5-2-6-10-21;26-20-16-18-23(28-20)31(15-12-17-8-2-1-3-9-17)25(34)32(24(18)33)14-7-5-11-21-29-22(30-35-21)19-10-4-6-13-27-19/h2-13H,14-18,31-32H2,1H3,(H,33,34);1-16H,17-20H2,(H,31,32)(H,35,36);1-14,32H,15-19H2;1-4,6,8-10,13H,5,7,11-12,14-16H2. The number of halogens is 1. The lowest BCUT2D eigenvalue weighted by atomic mass is 10.1. The van der Waals surface area contributed by atoms with Crippen LogP contribution in [0.3, 0.4) is 0 Å². The highest BCUT2D eigenvalue weighted by molar-refractivity contribution is 6.66. The number of pyridine rings is 1. The summed E-state index contributed by atoms with van der Waals surface area (Å²) in [5.41, 5.74) is 23.7. The number of fused-ring (bicyclic) bond motifs is 4. The quantitative estimate of drug-likeness (QED) is 0.00930. The first kappa shape index (κ1) is 101. The van der Waals surface area contributed by atoms with Crippen molar-refractivity contribution in [1.82, 2.24) is 71.6 Å². The molecule has 10 aromatic carbocycles. The van der Waals surface area contributed by atoms with Crippen molar-refractivity contribution in [3.8, 4) is 45.8 Å². The number of nitrogens with zero attached hydrogens (tertiary/aromatic N) is 15. The van der Waals surface area contributed by atoms with Crippen LogP contribution in [-0.4, -0.2) is 118 Å². The highest BCUT2D eigenvalue weighted by Gasteiger charge is 2.29. The number of unbranched alkanes of at least 4 members (excludes halogenated alkanes) is 1. The number of carbonyl (C=O) groups excluding carboxylic acids is 1. The Hall–Kier alpha value is -18.3. The van der Waals surface area contributed by atoms with Crippen molar-refractivity contribution < 1.29 is 33.8 Å². The molecule has 0 unspecified atom stereocenters. The van der Waals surface area contributed by atoms with E-state index >= 15 is 0 Å². The number of hydrogen-bond acceptors (Lipinski definition) is 23. The summed E-state index contributed by atoms with van der Waals surface area (Å²) in [6.07, 6.45) is 10.7. The number of nitrogens with two attached hydrogens (primary N) is 2. The molecule has 148 heavy (non-hydrogen) atoms. The van der Waals surface area contributed by atoms with Crippen molar-refractivity contribution in [3.63, 3.8) is 0 Å². The Morgan fingerprint density at radius 2 is 0.811 bits per heavy atom. The molecule has 0 spiro atoms. The Morgan fingerprint density at radius 3 is 1.25 bits per heavy atom. The zero-order chi connectivity index (χ0) is 103. The molecule has 18 aromatic rings. The molecule has 0 bridgehead atoms. The first-order valence-electron chi connectivity index (χ1n) is 48.3. The zero-order valence-electron chi connectivity index (χ0n) is 80.7. The molecule has 0 fully saturated rings. The van der Waals surface area contributed by atoms with E-state index in [9.17, 15) is 53.1 Å². The van der Waals surface area contributed by atoms with Crippen molar-refractivity contribution in [3.05, 3.63) is 454 Å². The number of nitrogen functional groups attached to an aromatic ring is 2. The molecule has 34 nitrogen and oxygen atoms in total. The first-order chi connectivity index (χ1) is 72.0. The summed E-state index contributed by atoms with van der Waals surface area (Å²) < 4.78 is 26.8. The summed E-state index contributed by atoms with van der Waals surface area (Å²) in [5.74, 6) is 1.77. The van der Waals surface area contributed by atoms with Crippen LogP contribution in [0.15, 0.2) is 356 Å². The molecule has 0 radical (unpaired) electrons. The maximum absolute atomic E-state index is 13.7. The summed E-state index contributed by atoms with van der Waals surface area (Å²) in [6, 6.07) is 90.3. The number of benzene rings is 10. The number of phenolic OH excluding ortho intramolecular Hbond substituents is 1. The average Bonchev–Trinajstić information content (AvgIpc) is 1.60. The summed E-state index contributed by atoms with van der Waals surface area (Å²) in [6.45, 7) is 2.36. The normalized spacial score (nSPS) is 11.8. The van der Waals surface area contributed by atoms with Gasteiger partial charge in [0.1, 0.15) is 56.7 Å². The van der Waals surface area contributed by atoms with E-state index in [0.717, 1.165) is 61.9 Å². The Labute approximate surface area is 850 Å². The number of aromatic nitrogens is 15. The predicted molar refractivity (Wildman–Crippen MR) is 569 cm³/mol. The van der Waals surface area contributed by atoms with Gasteiger partial charge in [-0.25, -0.2) is 48.7 Å². The molecule has 0 saturated heterocycles. The Morgan fingerprint density at radius 1 is 0.419 bits per heavy atom. The van der Waals surface area contributed by atoms with Gasteiger partial charge in [0.15, 0.2) is 17.9 Å². The molecule has 8 N–H and O–H groups in total. The number of phenols is 1. The number of ether oxygens (including phenoxy) is 2. The Kier molecular flexibility index (Phi) is 32.6. The Bertz CT molecular complexity index is 8390. The SMILES string of the molecule is COC(=O)COc1ccc(-c2nc3c([nH]2)c(=O)n(CCc2ccc(N)cc2)c(=O)n3CCc2ccc(N)cc2)cc1.O=C(O)C=Cc1ccc(-c2nc3c([nH]2)c(=O)n(CCc2ccccc2)c(=O)n3CCc2ccccc2)cc1.O=c1c2c(n(CCc3ccccc3)c(=O)n1CCCCc1nc(-c3ccccn3)no1)N=C(Cl)C2.O=c1c2c(n(CCc3ccccc3)c(=O)n1CCc1ccccc1)N=C(c1ccc(O)cc1)C2. The molecular formula is C113H104ClN19O15. The highest BCUT2D eigenvalue weighted by Crippen LogP contribution is 2.30. The lowest BCUT2D eigenvalue weighted by Crippen LogP contribution is -2.42. The van der Waals surface area contributed by atoms with Gasteiger partial charge in [-0.15, -0.1) is 0 Å². The van der Waals surface area contributed by atoms with Crippen LogP contribution in [0.4, 0.5) is 23.0 Å². The number of carboxylic acid groups (broad SMARTS) is 1. The summed E-state index contributed by atoms with van der Waals surface area (Å²) in [7, 11) is 1.29. The number of esters is 1. The van der Waals surface area contributed by atoms with Crippen LogP contribution in [0.5, 0.6) is 11.5 Å². The molecule has 748 valence electrons. The molecule has 0 atom stereocenters. The average molecular weight is 2000 g/mol. The van der Waals surface area contributed by atoms with Crippen molar-refractivity contribution in [2.45, 2.75) is 129 Å². The second kappa shape index (κ2) is 47.7. The van der Waals surface area contributed by atoms with E-state index in [1.54, 1.807) is 105 Å². The minimum atomic E-state index is -1.02. The molecule has 10 heterocycles. The van der Waals surface area contributed by atoms with Gasteiger partial charge >= 0.3 is 34.7 Å². The molecule has 0 aliphatic carbocycles. The molecule has 2 aliphatic rings. The number of aryl methyl sites for hydroxylation is 10. The topological polar surface area (TPSA) is 455 Å². The van der Waals surface area contributed by atoms with E-state index in [-0.39, 0.29) is 83.3 Å².